The summed E-state index contributed by atoms with van der Waals surface area (Å²) >= 11 is 0. The highest BCUT2D eigenvalue weighted by Crippen LogP contribution is 2.25. The number of aliphatic carboxylic acids is 1. The predicted molar refractivity (Wildman–Crippen MR) is 74.8 cm³/mol. The molecule has 0 aromatic carbocycles. The summed E-state index contributed by atoms with van der Waals surface area (Å²) in [4.78, 5) is 23.2. The van der Waals surface area contributed by atoms with Crippen LogP contribution in [0.4, 0.5) is 0 Å². The van der Waals surface area contributed by atoms with E-state index in [-0.39, 0.29) is 23.8 Å². The van der Waals surface area contributed by atoms with Crippen molar-refractivity contribution in [1.82, 2.24) is 5.32 Å². The van der Waals surface area contributed by atoms with Crippen molar-refractivity contribution < 1.29 is 14.7 Å². The summed E-state index contributed by atoms with van der Waals surface area (Å²) in [5.74, 6) is -0.785. The van der Waals surface area contributed by atoms with Gasteiger partial charge in [0.15, 0.2) is 0 Å². The minimum absolute atomic E-state index is 0.0542. The first-order valence-corrected chi connectivity index (χ1v) is 7.61. The molecule has 1 fully saturated rings. The van der Waals surface area contributed by atoms with Crippen molar-refractivity contribution in [2.75, 3.05) is 0 Å². The molecule has 19 heavy (non-hydrogen) atoms. The number of amides is 1. The zero-order chi connectivity index (χ0) is 14.3. The molecular weight excluding hydrogens is 242 g/mol. The van der Waals surface area contributed by atoms with Gasteiger partial charge in [-0.1, -0.05) is 33.1 Å². The van der Waals surface area contributed by atoms with Gasteiger partial charge in [-0.25, -0.2) is 0 Å². The second-order valence-electron chi connectivity index (χ2n) is 5.68. The van der Waals surface area contributed by atoms with Crippen LogP contribution in [-0.4, -0.2) is 23.0 Å². The molecule has 2 unspecified atom stereocenters. The first kappa shape index (κ1) is 16.0. The highest BCUT2D eigenvalue weighted by atomic mass is 16.4. The topological polar surface area (TPSA) is 66.4 Å². The number of hydrogen-bond donors (Lipinski definition) is 2. The van der Waals surface area contributed by atoms with Gasteiger partial charge in [-0.3, -0.25) is 9.59 Å². The fourth-order valence-corrected chi connectivity index (χ4v) is 2.97. The molecule has 1 rings (SSSR count). The largest absolute Gasteiger partial charge is 0.481 e. The van der Waals surface area contributed by atoms with Gasteiger partial charge in [0.1, 0.15) is 0 Å². The Morgan fingerprint density at radius 1 is 1.21 bits per heavy atom. The summed E-state index contributed by atoms with van der Waals surface area (Å²) in [5, 5.41) is 12.1. The maximum atomic E-state index is 12.2. The van der Waals surface area contributed by atoms with Crippen molar-refractivity contribution in [2.45, 2.75) is 71.3 Å². The lowest BCUT2D eigenvalue weighted by Crippen LogP contribution is -2.42. The quantitative estimate of drug-likeness (QED) is 0.746. The molecule has 4 heteroatoms. The Balaban J connectivity index is 2.47. The molecule has 0 aliphatic heterocycles. The van der Waals surface area contributed by atoms with Crippen molar-refractivity contribution in [2.24, 2.45) is 11.8 Å². The molecule has 1 aliphatic carbocycles. The molecule has 2 atom stereocenters. The van der Waals surface area contributed by atoms with Crippen LogP contribution >= 0.6 is 0 Å². The highest BCUT2D eigenvalue weighted by molar-refractivity contribution is 5.79. The monoisotopic (exact) mass is 269 g/mol. The van der Waals surface area contributed by atoms with E-state index in [2.05, 4.69) is 19.2 Å². The lowest BCUT2D eigenvalue weighted by Gasteiger charge is -2.29. The van der Waals surface area contributed by atoms with Crippen molar-refractivity contribution in [3.63, 3.8) is 0 Å². The number of carbonyl (C=O) groups excluding carboxylic acids is 1. The first-order chi connectivity index (χ1) is 9.08. The SMILES string of the molecule is CCCC(CCC)C(=O)NC1CCCC(C(=O)O)C1. The summed E-state index contributed by atoms with van der Waals surface area (Å²) in [6.45, 7) is 4.19. The van der Waals surface area contributed by atoms with E-state index in [0.717, 1.165) is 44.9 Å². The van der Waals surface area contributed by atoms with Crippen LogP contribution in [0.25, 0.3) is 0 Å². The molecule has 0 aromatic rings. The molecule has 110 valence electrons. The predicted octanol–water partition coefficient (Wildman–Crippen LogP) is 2.96. The molecule has 0 saturated heterocycles. The van der Waals surface area contributed by atoms with Crippen molar-refractivity contribution in [3.8, 4) is 0 Å². The Hall–Kier alpha value is -1.06. The van der Waals surface area contributed by atoms with Crippen LogP contribution in [0.1, 0.15) is 65.2 Å². The summed E-state index contributed by atoms with van der Waals surface area (Å²) in [6.07, 6.45) is 7.03. The molecule has 0 aromatic heterocycles. The third kappa shape index (κ3) is 5.21. The normalized spacial score (nSPS) is 23.3. The number of hydrogen-bond acceptors (Lipinski definition) is 2. The van der Waals surface area contributed by atoms with E-state index in [1.807, 2.05) is 0 Å². The Kier molecular flexibility index (Phi) is 6.89. The van der Waals surface area contributed by atoms with Gasteiger partial charge in [0, 0.05) is 12.0 Å². The molecular formula is C15H27NO3. The first-order valence-electron chi connectivity index (χ1n) is 7.61. The van der Waals surface area contributed by atoms with Gasteiger partial charge in [-0.15, -0.1) is 0 Å². The molecule has 0 bridgehead atoms. The summed E-state index contributed by atoms with van der Waals surface area (Å²) in [6, 6.07) is 0.0542. The van der Waals surface area contributed by atoms with Crippen LogP contribution in [0, 0.1) is 11.8 Å². The molecule has 1 amide bonds. The van der Waals surface area contributed by atoms with Crippen molar-refractivity contribution in [3.05, 3.63) is 0 Å². The van der Waals surface area contributed by atoms with E-state index in [0.29, 0.717) is 6.42 Å². The van der Waals surface area contributed by atoms with E-state index in [4.69, 9.17) is 5.11 Å². The number of carbonyl (C=O) groups is 2. The summed E-state index contributed by atoms with van der Waals surface area (Å²) in [5.41, 5.74) is 0. The molecule has 0 spiro atoms. The van der Waals surface area contributed by atoms with Gasteiger partial charge in [-0.05, 0) is 32.1 Å². The maximum absolute atomic E-state index is 12.2. The molecule has 0 heterocycles. The van der Waals surface area contributed by atoms with E-state index >= 15 is 0 Å². The second kappa shape index (κ2) is 8.18. The molecule has 2 N–H and O–H groups in total. The van der Waals surface area contributed by atoms with E-state index in [1.54, 1.807) is 0 Å². The van der Waals surface area contributed by atoms with E-state index in [9.17, 15) is 9.59 Å². The number of carboxylic acids is 1. The van der Waals surface area contributed by atoms with Crippen LogP contribution in [0.2, 0.25) is 0 Å². The van der Waals surface area contributed by atoms with Crippen LogP contribution in [0.3, 0.4) is 0 Å². The minimum atomic E-state index is -0.724. The van der Waals surface area contributed by atoms with Crippen LogP contribution in [-0.2, 0) is 9.59 Å². The molecule has 0 radical (unpaired) electrons. The third-order valence-corrected chi connectivity index (χ3v) is 4.01. The summed E-state index contributed by atoms with van der Waals surface area (Å²) < 4.78 is 0. The van der Waals surface area contributed by atoms with Crippen LogP contribution in [0.15, 0.2) is 0 Å². The zero-order valence-electron chi connectivity index (χ0n) is 12.2. The maximum Gasteiger partial charge on any atom is 0.306 e. The van der Waals surface area contributed by atoms with Crippen molar-refractivity contribution in [1.29, 1.82) is 0 Å². The fourth-order valence-electron chi connectivity index (χ4n) is 2.97. The molecule has 1 aliphatic rings. The van der Waals surface area contributed by atoms with E-state index < -0.39 is 5.97 Å². The Labute approximate surface area is 116 Å². The van der Waals surface area contributed by atoms with Crippen LogP contribution < -0.4 is 5.32 Å². The van der Waals surface area contributed by atoms with Gasteiger partial charge in [0.2, 0.25) is 5.91 Å². The number of carboxylic acid groups (broad SMARTS) is 1. The van der Waals surface area contributed by atoms with Crippen LogP contribution in [0.5, 0.6) is 0 Å². The third-order valence-electron chi connectivity index (χ3n) is 4.01. The molecule has 4 nitrogen and oxygen atoms in total. The average molecular weight is 269 g/mol. The van der Waals surface area contributed by atoms with Gasteiger partial charge in [0.25, 0.3) is 0 Å². The Morgan fingerprint density at radius 3 is 2.37 bits per heavy atom. The smallest absolute Gasteiger partial charge is 0.306 e. The zero-order valence-corrected chi connectivity index (χ0v) is 12.2. The number of rotatable bonds is 7. The number of nitrogens with one attached hydrogen (secondary N) is 1. The lowest BCUT2D eigenvalue weighted by atomic mass is 9.85. The van der Waals surface area contributed by atoms with E-state index in [1.165, 1.54) is 0 Å². The molecule has 1 saturated carbocycles. The minimum Gasteiger partial charge on any atom is -0.481 e. The Morgan fingerprint density at radius 2 is 1.84 bits per heavy atom. The summed E-state index contributed by atoms with van der Waals surface area (Å²) in [7, 11) is 0. The van der Waals surface area contributed by atoms with Gasteiger partial charge >= 0.3 is 5.97 Å². The van der Waals surface area contributed by atoms with Gasteiger partial charge in [0.05, 0.1) is 5.92 Å². The second-order valence-corrected chi connectivity index (χ2v) is 5.68. The van der Waals surface area contributed by atoms with Gasteiger partial charge in [-0.2, -0.15) is 0 Å². The standard InChI is InChI=1S/C15H27NO3/c1-3-6-11(7-4-2)14(17)16-13-9-5-8-12(10-13)15(18)19/h11-13H,3-10H2,1-2H3,(H,16,17)(H,18,19). The Bertz CT molecular complexity index is 298. The van der Waals surface area contributed by atoms with Gasteiger partial charge < -0.3 is 10.4 Å². The van der Waals surface area contributed by atoms with Crippen molar-refractivity contribution >= 4 is 11.9 Å². The average Bonchev–Trinajstić information content (AvgIpc) is 2.38. The fraction of sp³-hybridized carbons (Fsp3) is 0.867. The highest BCUT2D eigenvalue weighted by Gasteiger charge is 2.29. The lowest BCUT2D eigenvalue weighted by molar-refractivity contribution is -0.143.